The Hall–Kier alpha value is 0.643. The van der Waals surface area contributed by atoms with Crippen molar-refractivity contribution < 1.29 is 25.8 Å². The summed E-state index contributed by atoms with van der Waals surface area (Å²) in [5.41, 5.74) is 0. The molecule has 1 aromatic carbocycles. The fourth-order valence-corrected chi connectivity index (χ4v) is 2.86. The normalized spacial score (nSPS) is 7.61. The zero-order chi connectivity index (χ0) is 14.1. The minimum absolute atomic E-state index is 0. The molecule has 5 heteroatoms. The van der Waals surface area contributed by atoms with Crippen LogP contribution >= 0.6 is 0 Å². The third-order valence-electron chi connectivity index (χ3n) is 1.36. The number of hydrogen-bond donors (Lipinski definition) is 0. The van der Waals surface area contributed by atoms with Crippen molar-refractivity contribution in [1.82, 2.24) is 0 Å². The molecule has 1 aromatic rings. The SMILES string of the molecule is C[N-]C.C[N-]C.C[N-]C.[CH3][GeH]([CH3])[c-]1cccc1.[Hf+4]. The van der Waals surface area contributed by atoms with Crippen molar-refractivity contribution >= 4 is 18.7 Å². The fraction of sp³-hybridized carbons (Fsp3) is 0.615. The van der Waals surface area contributed by atoms with E-state index < -0.39 is 14.3 Å². The van der Waals surface area contributed by atoms with E-state index in [-0.39, 0.29) is 25.8 Å². The zero-order valence-corrected chi connectivity index (χ0v) is 19.2. The van der Waals surface area contributed by atoms with Crippen LogP contribution in [0.15, 0.2) is 24.3 Å². The van der Waals surface area contributed by atoms with Crippen molar-refractivity contribution in [2.75, 3.05) is 42.3 Å². The summed E-state index contributed by atoms with van der Waals surface area (Å²) in [6, 6.07) is 8.73. The van der Waals surface area contributed by atoms with E-state index in [1.807, 2.05) is 0 Å². The van der Waals surface area contributed by atoms with Crippen LogP contribution in [0, 0.1) is 0 Å². The summed E-state index contributed by atoms with van der Waals surface area (Å²) >= 11 is -0.888. The van der Waals surface area contributed by atoms with E-state index in [1.54, 1.807) is 46.7 Å². The van der Waals surface area contributed by atoms with E-state index in [0.29, 0.717) is 0 Å². The van der Waals surface area contributed by atoms with Gasteiger partial charge in [0.25, 0.3) is 0 Å². The predicted molar refractivity (Wildman–Crippen MR) is 86.2 cm³/mol. The summed E-state index contributed by atoms with van der Waals surface area (Å²) in [5, 5.41) is 10.5. The van der Waals surface area contributed by atoms with Crippen LogP contribution in [0.5, 0.6) is 0 Å². The summed E-state index contributed by atoms with van der Waals surface area (Å²) in [5.74, 6) is 4.78. The van der Waals surface area contributed by atoms with Gasteiger partial charge in [-0.3, -0.25) is 0 Å². The van der Waals surface area contributed by atoms with Crippen LogP contribution in [0.4, 0.5) is 0 Å². The molecule has 0 amide bonds. The third kappa shape index (κ3) is 30.0. The monoisotopic (exact) mass is 481 g/mol. The molecule has 0 saturated heterocycles. The topological polar surface area (TPSA) is 42.3 Å². The Labute approximate surface area is 138 Å². The molecule has 0 spiro atoms. The van der Waals surface area contributed by atoms with Crippen molar-refractivity contribution in [3.8, 4) is 0 Å². The minimum atomic E-state index is -0.888. The van der Waals surface area contributed by atoms with Crippen LogP contribution in [-0.4, -0.2) is 56.6 Å². The first-order chi connectivity index (χ1) is 8.05. The van der Waals surface area contributed by atoms with Gasteiger partial charge in [0.05, 0.1) is 0 Å². The van der Waals surface area contributed by atoms with Crippen molar-refractivity contribution in [3.05, 3.63) is 40.2 Å². The molecule has 0 unspecified atom stereocenters. The molecule has 0 aromatic heterocycles. The summed E-state index contributed by atoms with van der Waals surface area (Å²) in [4.78, 5) is 0. The summed E-state index contributed by atoms with van der Waals surface area (Å²) in [6.07, 6.45) is 0. The first-order valence-corrected chi connectivity index (χ1v) is 11.8. The van der Waals surface area contributed by atoms with Gasteiger partial charge < -0.3 is 16.0 Å². The molecule has 0 heterocycles. The minimum Gasteiger partial charge on any atom is 4.00 e. The number of rotatable bonds is 1. The van der Waals surface area contributed by atoms with E-state index in [1.165, 1.54) is 0 Å². The van der Waals surface area contributed by atoms with Gasteiger partial charge in [0.1, 0.15) is 0 Å². The van der Waals surface area contributed by atoms with Gasteiger partial charge in [0.15, 0.2) is 0 Å². The fourth-order valence-electron chi connectivity index (χ4n) is 0.774. The van der Waals surface area contributed by atoms with Crippen molar-refractivity contribution in [2.45, 2.75) is 11.5 Å². The standard InChI is InChI=1S/C7H11Ge.3C2H6N.Hf/c1-8(2)7-5-3-4-6-7;3*1-3-2;/h3-6,8H,1-2H3;3*1-2H3;/q4*-1;+4. The Balaban J connectivity index is -0.0000000840. The van der Waals surface area contributed by atoms with Gasteiger partial charge in [-0.2, -0.15) is 42.3 Å². The number of hydrogen-bond acceptors (Lipinski definition) is 0. The molecule has 104 valence electrons. The third-order valence-corrected chi connectivity index (χ3v) is 4.96. The van der Waals surface area contributed by atoms with Gasteiger partial charge in [-0.1, -0.05) is 0 Å². The Morgan fingerprint density at radius 2 is 0.944 bits per heavy atom. The molecular weight excluding hydrogens is 449 g/mol. The van der Waals surface area contributed by atoms with Crippen LogP contribution in [0.2, 0.25) is 11.5 Å². The molecule has 0 aliphatic rings. The molecule has 0 atom stereocenters. The van der Waals surface area contributed by atoms with Crippen molar-refractivity contribution in [3.63, 3.8) is 0 Å². The zero-order valence-electron chi connectivity index (χ0n) is 13.2. The first-order valence-electron chi connectivity index (χ1n) is 5.70. The van der Waals surface area contributed by atoms with E-state index in [0.717, 1.165) is 0 Å². The molecule has 0 fully saturated rings. The van der Waals surface area contributed by atoms with Crippen LogP contribution in [0.1, 0.15) is 0 Å². The van der Waals surface area contributed by atoms with Gasteiger partial charge in [-0.15, -0.1) is 0 Å². The molecule has 18 heavy (non-hydrogen) atoms. The largest absolute Gasteiger partial charge is 4.00 e. The number of nitrogens with zero attached hydrogens (tertiary/aromatic N) is 3. The molecule has 1 rings (SSSR count). The first kappa shape index (κ1) is 27.1. The predicted octanol–water partition coefficient (Wildman–Crippen LogP) is 2.96. The van der Waals surface area contributed by atoms with E-state index >= 15 is 0 Å². The summed E-state index contributed by atoms with van der Waals surface area (Å²) in [7, 11) is 10.5. The van der Waals surface area contributed by atoms with Gasteiger partial charge in [0, 0.05) is 0 Å². The van der Waals surface area contributed by atoms with Crippen LogP contribution in [0.3, 0.4) is 0 Å². The quantitative estimate of drug-likeness (QED) is 0.440. The second-order valence-electron chi connectivity index (χ2n) is 3.71. The molecular formula is C13H29GeHfN3. The second-order valence-corrected chi connectivity index (χ2v) is 9.96. The maximum absolute atomic E-state index is 3.50. The van der Waals surface area contributed by atoms with Crippen LogP contribution in [0.25, 0.3) is 16.0 Å². The molecule has 0 bridgehead atoms. The second kappa shape index (κ2) is 26.3. The maximum Gasteiger partial charge on any atom is 4.00 e. The van der Waals surface area contributed by atoms with E-state index in [4.69, 9.17) is 0 Å². The van der Waals surface area contributed by atoms with Crippen molar-refractivity contribution in [1.29, 1.82) is 0 Å². The molecule has 0 saturated carbocycles. The van der Waals surface area contributed by atoms with Crippen LogP contribution < -0.4 is 4.40 Å². The molecule has 0 aliphatic heterocycles. The van der Waals surface area contributed by atoms with Gasteiger partial charge >= 0.3 is 80.4 Å². The molecule has 3 nitrogen and oxygen atoms in total. The van der Waals surface area contributed by atoms with E-state index in [9.17, 15) is 0 Å². The smallest absolute Gasteiger partial charge is 4.00 e. The van der Waals surface area contributed by atoms with Gasteiger partial charge in [-0.25, -0.2) is 0 Å². The average molecular weight is 478 g/mol. The van der Waals surface area contributed by atoms with E-state index in [2.05, 4.69) is 51.7 Å². The Morgan fingerprint density at radius 3 is 1.06 bits per heavy atom. The van der Waals surface area contributed by atoms with Crippen molar-refractivity contribution in [2.24, 2.45) is 0 Å². The summed E-state index contributed by atoms with van der Waals surface area (Å²) < 4.78 is 1.62. The average Bonchev–Trinajstić information content (AvgIpc) is 2.73. The maximum atomic E-state index is 3.50. The molecule has 0 N–H and O–H groups in total. The molecule has 0 aliphatic carbocycles. The Morgan fingerprint density at radius 1 is 0.722 bits per heavy atom. The van der Waals surface area contributed by atoms with Gasteiger partial charge in [-0.05, 0) is 0 Å². The molecule has 0 radical (unpaired) electrons. The Kier molecular flexibility index (Phi) is 39.5. The summed E-state index contributed by atoms with van der Waals surface area (Å²) in [6.45, 7) is 0. The Bertz CT molecular complexity index is 187. The van der Waals surface area contributed by atoms with Gasteiger partial charge in [0.2, 0.25) is 0 Å². The van der Waals surface area contributed by atoms with Crippen LogP contribution in [-0.2, 0) is 25.8 Å².